The third-order valence-electron chi connectivity index (χ3n) is 4.99. The molecule has 3 nitrogen and oxygen atoms in total. The molecule has 1 saturated carbocycles. The van der Waals surface area contributed by atoms with E-state index in [0.29, 0.717) is 18.4 Å². The van der Waals surface area contributed by atoms with Crippen molar-refractivity contribution in [2.75, 3.05) is 13.1 Å². The molecule has 0 aromatic carbocycles. The van der Waals surface area contributed by atoms with E-state index in [9.17, 15) is 4.79 Å². The van der Waals surface area contributed by atoms with Crippen LogP contribution in [0.4, 0.5) is 0 Å². The highest BCUT2D eigenvalue weighted by atomic mass is 16.4. The molecule has 1 heterocycles. The normalized spacial score (nSPS) is 28.4. The van der Waals surface area contributed by atoms with Crippen LogP contribution in [-0.2, 0) is 4.79 Å². The Kier molecular flexibility index (Phi) is 5.04. The van der Waals surface area contributed by atoms with Gasteiger partial charge in [-0.15, -0.1) is 0 Å². The summed E-state index contributed by atoms with van der Waals surface area (Å²) in [5, 5.41) is 8.74. The number of likely N-dealkylation sites (tertiary alicyclic amines) is 1. The molecule has 2 aliphatic rings. The van der Waals surface area contributed by atoms with E-state index in [1.807, 2.05) is 0 Å². The summed E-state index contributed by atoms with van der Waals surface area (Å²) in [7, 11) is 0. The van der Waals surface area contributed by atoms with E-state index >= 15 is 0 Å². The zero-order chi connectivity index (χ0) is 13.0. The van der Waals surface area contributed by atoms with E-state index in [1.165, 1.54) is 45.1 Å². The molecule has 1 aliphatic heterocycles. The third-order valence-corrected chi connectivity index (χ3v) is 4.99. The molecular formula is C15H27NO2. The van der Waals surface area contributed by atoms with Gasteiger partial charge in [-0.05, 0) is 51.0 Å². The number of aliphatic carboxylic acids is 1. The molecule has 0 radical (unpaired) electrons. The number of carboxylic acid groups (broad SMARTS) is 1. The number of rotatable bonds is 5. The van der Waals surface area contributed by atoms with Gasteiger partial charge in [0.25, 0.3) is 0 Å². The molecule has 3 heteroatoms. The Morgan fingerprint density at radius 3 is 2.67 bits per heavy atom. The fraction of sp³-hybridized carbons (Fsp3) is 0.933. The number of hydrogen-bond acceptors (Lipinski definition) is 2. The van der Waals surface area contributed by atoms with Crippen molar-refractivity contribution in [3.05, 3.63) is 0 Å². The van der Waals surface area contributed by atoms with Gasteiger partial charge in [-0.1, -0.05) is 19.3 Å². The molecule has 0 spiro atoms. The van der Waals surface area contributed by atoms with Crippen LogP contribution < -0.4 is 0 Å². The Morgan fingerprint density at radius 2 is 2.00 bits per heavy atom. The lowest BCUT2D eigenvalue weighted by molar-refractivity contribution is -0.137. The molecule has 2 rings (SSSR count). The lowest BCUT2D eigenvalue weighted by Gasteiger charge is -2.34. The zero-order valence-corrected chi connectivity index (χ0v) is 11.6. The van der Waals surface area contributed by atoms with Crippen LogP contribution in [0, 0.1) is 11.8 Å². The molecule has 1 N–H and O–H groups in total. The highest BCUT2D eigenvalue weighted by Gasteiger charge is 2.30. The van der Waals surface area contributed by atoms with Crippen LogP contribution in [-0.4, -0.2) is 35.1 Å². The monoisotopic (exact) mass is 253 g/mol. The largest absolute Gasteiger partial charge is 0.481 e. The van der Waals surface area contributed by atoms with E-state index in [0.717, 1.165) is 18.9 Å². The van der Waals surface area contributed by atoms with Crippen molar-refractivity contribution in [2.24, 2.45) is 11.8 Å². The van der Waals surface area contributed by atoms with Crippen molar-refractivity contribution in [3.8, 4) is 0 Å². The quantitative estimate of drug-likeness (QED) is 0.818. The summed E-state index contributed by atoms with van der Waals surface area (Å²) in [6.07, 6.45) is 9.44. The van der Waals surface area contributed by atoms with Crippen LogP contribution in [0.1, 0.15) is 58.3 Å². The molecule has 0 aromatic heterocycles. The maximum absolute atomic E-state index is 10.6. The fourth-order valence-electron chi connectivity index (χ4n) is 3.71. The zero-order valence-electron chi connectivity index (χ0n) is 11.6. The van der Waals surface area contributed by atoms with Crippen LogP contribution >= 0.6 is 0 Å². The number of hydrogen-bond donors (Lipinski definition) is 1. The van der Waals surface area contributed by atoms with Crippen molar-refractivity contribution in [3.63, 3.8) is 0 Å². The maximum Gasteiger partial charge on any atom is 0.303 e. The van der Waals surface area contributed by atoms with Crippen LogP contribution in [0.3, 0.4) is 0 Å². The summed E-state index contributed by atoms with van der Waals surface area (Å²) >= 11 is 0. The molecule has 2 unspecified atom stereocenters. The lowest BCUT2D eigenvalue weighted by Crippen LogP contribution is -2.37. The first kappa shape index (κ1) is 13.9. The predicted octanol–water partition coefficient (Wildman–Crippen LogP) is 3.14. The Labute approximate surface area is 111 Å². The Bertz CT molecular complexity index is 274. The minimum Gasteiger partial charge on any atom is -0.481 e. The van der Waals surface area contributed by atoms with Gasteiger partial charge in [0, 0.05) is 19.0 Å². The van der Waals surface area contributed by atoms with Gasteiger partial charge in [0.1, 0.15) is 0 Å². The number of carboxylic acids is 1. The Morgan fingerprint density at radius 1 is 1.28 bits per heavy atom. The lowest BCUT2D eigenvalue weighted by atomic mass is 9.84. The van der Waals surface area contributed by atoms with E-state index < -0.39 is 5.97 Å². The van der Waals surface area contributed by atoms with Crippen molar-refractivity contribution in [1.29, 1.82) is 0 Å². The summed E-state index contributed by atoms with van der Waals surface area (Å²) in [5.41, 5.74) is 0. The van der Waals surface area contributed by atoms with E-state index in [1.54, 1.807) is 0 Å². The molecule has 104 valence electrons. The first-order valence-electron chi connectivity index (χ1n) is 7.62. The smallest absolute Gasteiger partial charge is 0.303 e. The Hall–Kier alpha value is -0.570. The average Bonchev–Trinajstić information content (AvgIpc) is 2.85. The predicted molar refractivity (Wildman–Crippen MR) is 72.6 cm³/mol. The molecule has 2 atom stereocenters. The van der Waals surface area contributed by atoms with Gasteiger partial charge in [-0.25, -0.2) is 0 Å². The summed E-state index contributed by atoms with van der Waals surface area (Å²) in [5.74, 6) is 0.859. The second-order valence-electron chi connectivity index (χ2n) is 6.22. The molecule has 1 aliphatic carbocycles. The fourth-order valence-corrected chi connectivity index (χ4v) is 3.71. The molecule has 2 fully saturated rings. The van der Waals surface area contributed by atoms with Gasteiger partial charge >= 0.3 is 5.97 Å². The number of carbonyl (C=O) groups is 1. The van der Waals surface area contributed by atoms with Gasteiger partial charge in [-0.2, -0.15) is 0 Å². The second-order valence-corrected chi connectivity index (χ2v) is 6.22. The summed E-state index contributed by atoms with van der Waals surface area (Å²) < 4.78 is 0. The SMILES string of the molecule is CC(C1CCCCC1)N1CCC(CCC(=O)O)C1. The highest BCUT2D eigenvalue weighted by molar-refractivity contribution is 5.66. The summed E-state index contributed by atoms with van der Waals surface area (Å²) in [4.78, 5) is 13.2. The van der Waals surface area contributed by atoms with Gasteiger partial charge in [0.15, 0.2) is 0 Å². The van der Waals surface area contributed by atoms with E-state index in [-0.39, 0.29) is 0 Å². The van der Waals surface area contributed by atoms with Crippen molar-refractivity contribution >= 4 is 5.97 Å². The van der Waals surface area contributed by atoms with E-state index in [2.05, 4.69) is 11.8 Å². The van der Waals surface area contributed by atoms with Crippen LogP contribution in [0.2, 0.25) is 0 Å². The second kappa shape index (κ2) is 6.55. The van der Waals surface area contributed by atoms with Crippen LogP contribution in [0.25, 0.3) is 0 Å². The van der Waals surface area contributed by atoms with E-state index in [4.69, 9.17) is 5.11 Å². The van der Waals surface area contributed by atoms with Crippen LogP contribution in [0.15, 0.2) is 0 Å². The van der Waals surface area contributed by atoms with Crippen molar-refractivity contribution in [1.82, 2.24) is 4.90 Å². The minimum absolute atomic E-state index is 0.344. The van der Waals surface area contributed by atoms with Crippen LogP contribution in [0.5, 0.6) is 0 Å². The Balaban J connectivity index is 1.75. The van der Waals surface area contributed by atoms with Gasteiger partial charge in [-0.3, -0.25) is 4.79 Å². The van der Waals surface area contributed by atoms with Gasteiger partial charge in [0.2, 0.25) is 0 Å². The third kappa shape index (κ3) is 3.71. The maximum atomic E-state index is 10.6. The molecule has 0 amide bonds. The van der Waals surface area contributed by atoms with Crippen molar-refractivity contribution < 1.29 is 9.90 Å². The average molecular weight is 253 g/mol. The molecule has 0 aromatic rings. The van der Waals surface area contributed by atoms with Gasteiger partial charge in [0.05, 0.1) is 0 Å². The first-order valence-corrected chi connectivity index (χ1v) is 7.62. The van der Waals surface area contributed by atoms with Gasteiger partial charge < -0.3 is 10.0 Å². The topological polar surface area (TPSA) is 40.5 Å². The standard InChI is InChI=1S/C15H27NO2/c1-12(14-5-3-2-4-6-14)16-10-9-13(11-16)7-8-15(17)18/h12-14H,2-11H2,1H3,(H,17,18). The number of nitrogens with zero attached hydrogens (tertiary/aromatic N) is 1. The highest BCUT2D eigenvalue weighted by Crippen LogP contribution is 2.32. The minimum atomic E-state index is -0.645. The summed E-state index contributed by atoms with van der Waals surface area (Å²) in [6.45, 7) is 4.70. The molecule has 0 bridgehead atoms. The molecule has 18 heavy (non-hydrogen) atoms. The molecule has 1 saturated heterocycles. The molecular weight excluding hydrogens is 226 g/mol. The van der Waals surface area contributed by atoms with Crippen molar-refractivity contribution in [2.45, 2.75) is 64.3 Å². The first-order chi connectivity index (χ1) is 8.66. The summed E-state index contributed by atoms with van der Waals surface area (Å²) in [6, 6.07) is 0.708.